The number of piperidine rings is 1. The van der Waals surface area contributed by atoms with Crippen molar-refractivity contribution < 1.29 is 17.9 Å². The summed E-state index contributed by atoms with van der Waals surface area (Å²) >= 11 is 0. The van der Waals surface area contributed by atoms with Crippen molar-refractivity contribution in [2.45, 2.75) is 51.0 Å². The van der Waals surface area contributed by atoms with Crippen LogP contribution in [0, 0.1) is 5.41 Å². The third-order valence-electron chi connectivity index (χ3n) is 6.48. The molecule has 25 heavy (non-hydrogen) atoms. The van der Waals surface area contributed by atoms with Gasteiger partial charge in [0.05, 0.1) is 18.6 Å². The molecule has 142 valence electrons. The van der Waals surface area contributed by atoms with Crippen LogP contribution in [0.4, 0.5) is 0 Å². The number of amides is 1. The van der Waals surface area contributed by atoms with Gasteiger partial charge in [-0.1, -0.05) is 12.8 Å². The van der Waals surface area contributed by atoms with Crippen LogP contribution in [0.3, 0.4) is 0 Å². The van der Waals surface area contributed by atoms with Gasteiger partial charge in [0.1, 0.15) is 0 Å². The average Bonchev–Trinajstić information content (AvgIpc) is 3.29. The van der Waals surface area contributed by atoms with Crippen molar-refractivity contribution in [3.63, 3.8) is 0 Å². The highest BCUT2D eigenvalue weighted by Crippen LogP contribution is 2.43. The lowest BCUT2D eigenvalue weighted by Gasteiger charge is -2.42. The third kappa shape index (κ3) is 3.11. The summed E-state index contributed by atoms with van der Waals surface area (Å²) in [7, 11) is -3.48. The molecule has 3 saturated heterocycles. The largest absolute Gasteiger partial charge is 0.379 e. The van der Waals surface area contributed by atoms with E-state index < -0.39 is 15.6 Å². The fourth-order valence-corrected chi connectivity index (χ4v) is 6.69. The topological polar surface area (TPSA) is 70.2 Å². The van der Waals surface area contributed by atoms with E-state index in [2.05, 4.69) is 4.90 Å². The fourth-order valence-electron chi connectivity index (χ4n) is 5.02. The zero-order valence-electron chi connectivity index (χ0n) is 14.9. The maximum absolute atomic E-state index is 13.3. The van der Waals surface area contributed by atoms with Gasteiger partial charge in [0.25, 0.3) is 10.2 Å². The highest BCUT2D eigenvalue weighted by molar-refractivity contribution is 7.86. The highest BCUT2D eigenvalue weighted by atomic mass is 32.2. The van der Waals surface area contributed by atoms with Crippen molar-refractivity contribution in [1.29, 1.82) is 0 Å². The Morgan fingerprint density at radius 2 is 1.64 bits per heavy atom. The predicted molar refractivity (Wildman–Crippen MR) is 93.1 cm³/mol. The molecule has 1 spiro atoms. The first-order valence-corrected chi connectivity index (χ1v) is 11.1. The lowest BCUT2D eigenvalue weighted by atomic mass is 9.78. The molecule has 0 radical (unpaired) electrons. The number of ether oxygens (including phenoxy) is 1. The van der Waals surface area contributed by atoms with Crippen molar-refractivity contribution in [3.05, 3.63) is 0 Å². The smallest absolute Gasteiger partial charge is 0.282 e. The average molecular weight is 372 g/mol. The Balaban J connectivity index is 1.49. The summed E-state index contributed by atoms with van der Waals surface area (Å²) in [6, 6.07) is 0.384. The van der Waals surface area contributed by atoms with Gasteiger partial charge in [-0.05, 0) is 32.1 Å². The van der Waals surface area contributed by atoms with E-state index >= 15 is 0 Å². The molecule has 4 rings (SSSR count). The van der Waals surface area contributed by atoms with E-state index in [1.54, 1.807) is 4.31 Å². The fraction of sp³-hybridized carbons (Fsp3) is 0.941. The molecule has 0 bridgehead atoms. The van der Waals surface area contributed by atoms with E-state index in [-0.39, 0.29) is 5.91 Å². The molecule has 0 aromatic rings. The van der Waals surface area contributed by atoms with Crippen molar-refractivity contribution >= 4 is 16.1 Å². The number of hydrogen-bond acceptors (Lipinski definition) is 4. The normalized spacial score (nSPS) is 33.6. The molecule has 1 atom stereocenters. The Labute approximate surface area is 150 Å². The molecule has 0 aromatic heterocycles. The van der Waals surface area contributed by atoms with Crippen LogP contribution >= 0.6 is 0 Å². The second-order valence-corrected chi connectivity index (χ2v) is 9.85. The van der Waals surface area contributed by atoms with Gasteiger partial charge in [0.15, 0.2) is 0 Å². The maximum Gasteiger partial charge on any atom is 0.282 e. The monoisotopic (exact) mass is 371 g/mol. The molecule has 4 fully saturated rings. The first kappa shape index (κ1) is 17.7. The third-order valence-corrected chi connectivity index (χ3v) is 8.46. The van der Waals surface area contributed by atoms with Gasteiger partial charge in [0.2, 0.25) is 5.91 Å². The number of hydrogen-bond donors (Lipinski definition) is 0. The van der Waals surface area contributed by atoms with Crippen LogP contribution in [0.15, 0.2) is 0 Å². The molecule has 1 aliphatic carbocycles. The quantitative estimate of drug-likeness (QED) is 0.737. The second kappa shape index (κ2) is 6.79. The van der Waals surface area contributed by atoms with Gasteiger partial charge >= 0.3 is 0 Å². The summed E-state index contributed by atoms with van der Waals surface area (Å²) in [5.41, 5.74) is -0.486. The SMILES string of the molecule is O=C1N(C2CCCC2)CCC[C@]12CCN(S(=O)(=O)N1CCOCC1)C2. The number of carbonyl (C=O) groups is 1. The Morgan fingerprint density at radius 3 is 2.36 bits per heavy atom. The molecule has 0 N–H and O–H groups in total. The zero-order chi connectivity index (χ0) is 17.5. The minimum atomic E-state index is -3.48. The van der Waals surface area contributed by atoms with Gasteiger partial charge in [-0.25, -0.2) is 0 Å². The van der Waals surface area contributed by atoms with Crippen LogP contribution in [-0.2, 0) is 19.7 Å². The first-order chi connectivity index (χ1) is 12.0. The minimum Gasteiger partial charge on any atom is -0.379 e. The summed E-state index contributed by atoms with van der Waals surface area (Å²) in [4.78, 5) is 15.3. The Kier molecular flexibility index (Phi) is 4.81. The van der Waals surface area contributed by atoms with Crippen molar-refractivity contribution in [2.75, 3.05) is 45.9 Å². The van der Waals surface area contributed by atoms with Gasteiger partial charge in [0, 0.05) is 38.8 Å². The Bertz CT molecular complexity index is 613. The molecule has 4 aliphatic rings. The van der Waals surface area contributed by atoms with Gasteiger partial charge < -0.3 is 9.64 Å². The minimum absolute atomic E-state index is 0.213. The Hall–Kier alpha value is -0.700. The van der Waals surface area contributed by atoms with E-state index in [1.807, 2.05) is 0 Å². The van der Waals surface area contributed by atoms with E-state index in [0.29, 0.717) is 51.9 Å². The van der Waals surface area contributed by atoms with Crippen LogP contribution < -0.4 is 0 Å². The standard InChI is InChI=1S/C17H29N3O4S/c21-16-17(6-3-8-20(16)15-4-1-2-5-15)7-9-19(14-17)25(22,23)18-10-12-24-13-11-18/h15H,1-14H2/t17-/m1/s1. The van der Waals surface area contributed by atoms with E-state index in [1.165, 1.54) is 17.1 Å². The molecular formula is C17H29N3O4S. The van der Waals surface area contributed by atoms with Crippen LogP contribution in [0.1, 0.15) is 44.9 Å². The number of likely N-dealkylation sites (tertiary alicyclic amines) is 1. The molecule has 3 heterocycles. The highest BCUT2D eigenvalue weighted by Gasteiger charge is 2.52. The van der Waals surface area contributed by atoms with Gasteiger partial charge in [-0.3, -0.25) is 4.79 Å². The van der Waals surface area contributed by atoms with E-state index in [0.717, 1.165) is 32.2 Å². The number of nitrogens with zero attached hydrogens (tertiary/aromatic N) is 3. The first-order valence-electron chi connectivity index (χ1n) is 9.67. The summed E-state index contributed by atoms with van der Waals surface area (Å²) < 4.78 is 34.2. The zero-order valence-corrected chi connectivity index (χ0v) is 15.7. The number of rotatable bonds is 3. The Morgan fingerprint density at radius 1 is 0.920 bits per heavy atom. The van der Waals surface area contributed by atoms with E-state index in [9.17, 15) is 13.2 Å². The molecule has 0 unspecified atom stereocenters. The molecule has 0 aromatic carbocycles. The lowest BCUT2D eigenvalue weighted by Crippen LogP contribution is -2.54. The summed E-state index contributed by atoms with van der Waals surface area (Å²) in [5.74, 6) is 0.213. The molecule has 1 amide bonds. The second-order valence-electron chi connectivity index (χ2n) is 7.92. The molecule has 7 nitrogen and oxygen atoms in total. The van der Waals surface area contributed by atoms with Crippen molar-refractivity contribution in [3.8, 4) is 0 Å². The van der Waals surface area contributed by atoms with Crippen LogP contribution in [0.2, 0.25) is 0 Å². The summed E-state index contributed by atoms with van der Waals surface area (Å²) in [6.07, 6.45) is 7.11. The van der Waals surface area contributed by atoms with Gasteiger partial charge in [-0.2, -0.15) is 17.0 Å². The molecule has 3 aliphatic heterocycles. The van der Waals surface area contributed by atoms with Gasteiger partial charge in [-0.15, -0.1) is 0 Å². The number of carbonyl (C=O) groups excluding carboxylic acids is 1. The summed E-state index contributed by atoms with van der Waals surface area (Å²) in [5, 5.41) is 0. The summed E-state index contributed by atoms with van der Waals surface area (Å²) in [6.45, 7) is 3.39. The van der Waals surface area contributed by atoms with Crippen molar-refractivity contribution in [2.24, 2.45) is 5.41 Å². The maximum atomic E-state index is 13.3. The lowest BCUT2D eigenvalue weighted by molar-refractivity contribution is -0.148. The van der Waals surface area contributed by atoms with Crippen molar-refractivity contribution in [1.82, 2.24) is 13.5 Å². The number of morpholine rings is 1. The molecule has 1 saturated carbocycles. The molecule has 8 heteroatoms. The van der Waals surface area contributed by atoms with Crippen LogP contribution in [0.5, 0.6) is 0 Å². The van der Waals surface area contributed by atoms with Crippen LogP contribution in [-0.4, -0.2) is 79.8 Å². The predicted octanol–water partition coefficient (Wildman–Crippen LogP) is 0.821. The van der Waals surface area contributed by atoms with Crippen LogP contribution in [0.25, 0.3) is 0 Å². The molecular weight excluding hydrogens is 342 g/mol. The van der Waals surface area contributed by atoms with E-state index in [4.69, 9.17) is 4.74 Å².